The molecule has 0 bridgehead atoms. The molecule has 5 nitrogen and oxygen atoms in total. The summed E-state index contributed by atoms with van der Waals surface area (Å²) in [5.41, 5.74) is 0. The van der Waals surface area contributed by atoms with Crippen molar-refractivity contribution >= 4 is 22.7 Å². The molecule has 0 aromatic carbocycles. The minimum atomic E-state index is -0.943. The Morgan fingerprint density at radius 3 is 2.31 bits per heavy atom. The number of carboxylic acid groups (broad SMARTS) is 1. The molecule has 0 spiro atoms. The summed E-state index contributed by atoms with van der Waals surface area (Å²) >= 11 is 0. The highest BCUT2D eigenvalue weighted by Crippen LogP contribution is 2.07. The van der Waals surface area contributed by atoms with E-state index in [0.717, 1.165) is 0 Å². The maximum Gasteiger partial charge on any atom is 0.303 e. The number of rotatable bonds is 7. The van der Waals surface area contributed by atoms with Crippen molar-refractivity contribution in [1.82, 2.24) is 5.32 Å². The summed E-state index contributed by atoms with van der Waals surface area (Å²) in [5, 5.41) is 11.2. The van der Waals surface area contributed by atoms with Gasteiger partial charge in [0.15, 0.2) is 0 Å². The highest BCUT2D eigenvalue weighted by molar-refractivity contribution is 7.84. The number of hydrogen-bond donors (Lipinski definition) is 2. The zero-order valence-corrected chi connectivity index (χ0v) is 10.7. The second-order valence-corrected chi connectivity index (χ2v) is 5.60. The van der Waals surface area contributed by atoms with Crippen LogP contribution in [0.4, 0.5) is 0 Å². The second kappa shape index (κ2) is 7.38. The number of carboxylic acids is 1. The Morgan fingerprint density at radius 2 is 1.88 bits per heavy atom. The molecule has 0 fully saturated rings. The van der Waals surface area contributed by atoms with Crippen molar-refractivity contribution < 1.29 is 18.9 Å². The van der Waals surface area contributed by atoms with Crippen LogP contribution in [-0.2, 0) is 20.4 Å². The van der Waals surface area contributed by atoms with E-state index in [1.165, 1.54) is 0 Å². The van der Waals surface area contributed by atoms with Gasteiger partial charge in [0.1, 0.15) is 0 Å². The first-order valence-corrected chi connectivity index (χ1v) is 6.85. The van der Waals surface area contributed by atoms with Crippen LogP contribution >= 0.6 is 0 Å². The number of carbonyl (C=O) groups excluding carboxylic acids is 1. The summed E-state index contributed by atoms with van der Waals surface area (Å²) in [5.74, 6) is -0.856. The highest BCUT2D eigenvalue weighted by atomic mass is 32.2. The standard InChI is InChI=1S/C10H19NO4S/c1-7(5-10(13)14)4-9(12)11-8(2)6-16(3)15/h7-8H,4-6H2,1-3H3,(H,11,12)(H,13,14). The monoisotopic (exact) mass is 249 g/mol. The van der Waals surface area contributed by atoms with Crippen molar-refractivity contribution in [2.24, 2.45) is 5.92 Å². The van der Waals surface area contributed by atoms with E-state index in [-0.39, 0.29) is 30.7 Å². The third-order valence-electron chi connectivity index (χ3n) is 1.95. The molecule has 1 amide bonds. The molecule has 0 aromatic heterocycles. The van der Waals surface area contributed by atoms with Crippen molar-refractivity contribution in [3.05, 3.63) is 0 Å². The molecule has 0 aromatic rings. The van der Waals surface area contributed by atoms with Crippen LogP contribution in [0, 0.1) is 5.92 Å². The van der Waals surface area contributed by atoms with Gasteiger partial charge in [-0.15, -0.1) is 0 Å². The van der Waals surface area contributed by atoms with Gasteiger partial charge in [0.25, 0.3) is 0 Å². The molecule has 0 radical (unpaired) electrons. The molecule has 2 N–H and O–H groups in total. The highest BCUT2D eigenvalue weighted by Gasteiger charge is 2.14. The van der Waals surface area contributed by atoms with Gasteiger partial charge in [-0.25, -0.2) is 0 Å². The fourth-order valence-corrected chi connectivity index (χ4v) is 2.20. The van der Waals surface area contributed by atoms with E-state index in [2.05, 4.69) is 5.32 Å². The molecule has 0 aliphatic heterocycles. The van der Waals surface area contributed by atoms with Gasteiger partial charge >= 0.3 is 5.97 Å². The zero-order valence-electron chi connectivity index (χ0n) is 9.86. The van der Waals surface area contributed by atoms with Crippen LogP contribution in [0.25, 0.3) is 0 Å². The van der Waals surface area contributed by atoms with Crippen molar-refractivity contribution in [2.45, 2.75) is 32.7 Å². The molecule has 3 atom stereocenters. The van der Waals surface area contributed by atoms with Gasteiger partial charge in [-0.05, 0) is 12.8 Å². The van der Waals surface area contributed by atoms with Gasteiger partial charge in [0.2, 0.25) is 5.91 Å². The number of amides is 1. The summed E-state index contributed by atoms with van der Waals surface area (Å²) in [6.45, 7) is 3.50. The fraction of sp³-hybridized carbons (Fsp3) is 0.800. The van der Waals surface area contributed by atoms with Gasteiger partial charge < -0.3 is 10.4 Å². The Labute approximate surface area is 98.1 Å². The zero-order chi connectivity index (χ0) is 12.7. The first kappa shape index (κ1) is 15.1. The van der Waals surface area contributed by atoms with Gasteiger partial charge in [0.05, 0.1) is 0 Å². The minimum absolute atomic E-state index is 0.0124. The third-order valence-corrected chi connectivity index (χ3v) is 2.92. The summed E-state index contributed by atoms with van der Waals surface area (Å²) < 4.78 is 10.9. The molecule has 0 rings (SSSR count). The summed E-state index contributed by atoms with van der Waals surface area (Å²) in [6.07, 6.45) is 1.75. The Bertz CT molecular complexity index is 254. The Balaban J connectivity index is 3.89. The maximum absolute atomic E-state index is 11.4. The lowest BCUT2D eigenvalue weighted by Crippen LogP contribution is -2.37. The van der Waals surface area contributed by atoms with Crippen LogP contribution in [-0.4, -0.2) is 39.2 Å². The Morgan fingerprint density at radius 1 is 1.31 bits per heavy atom. The first-order chi connectivity index (χ1) is 7.31. The molecule has 0 saturated heterocycles. The van der Waals surface area contributed by atoms with Crippen molar-refractivity contribution in [2.75, 3.05) is 12.0 Å². The molecule has 0 heterocycles. The molecule has 0 saturated carbocycles. The van der Waals surface area contributed by atoms with Crippen LogP contribution in [0.15, 0.2) is 0 Å². The lowest BCUT2D eigenvalue weighted by Gasteiger charge is -2.14. The predicted octanol–water partition coefficient (Wildman–Crippen LogP) is 0.370. The van der Waals surface area contributed by atoms with E-state index in [1.54, 1.807) is 20.1 Å². The summed E-state index contributed by atoms with van der Waals surface area (Å²) in [4.78, 5) is 21.8. The Hall–Kier alpha value is -0.910. The number of hydrogen-bond acceptors (Lipinski definition) is 3. The van der Waals surface area contributed by atoms with Gasteiger partial charge in [0, 0.05) is 41.7 Å². The lowest BCUT2D eigenvalue weighted by molar-refractivity contribution is -0.138. The average molecular weight is 249 g/mol. The molecular weight excluding hydrogens is 230 g/mol. The topological polar surface area (TPSA) is 83.5 Å². The molecule has 3 unspecified atom stereocenters. The molecule has 94 valence electrons. The maximum atomic E-state index is 11.4. The lowest BCUT2D eigenvalue weighted by atomic mass is 10.0. The van der Waals surface area contributed by atoms with E-state index in [0.29, 0.717) is 5.75 Å². The SMILES string of the molecule is CC(CC(=O)O)CC(=O)NC(C)CS(C)=O. The van der Waals surface area contributed by atoms with E-state index in [1.807, 2.05) is 0 Å². The predicted molar refractivity (Wildman–Crippen MR) is 62.6 cm³/mol. The summed E-state index contributed by atoms with van der Waals surface area (Å²) in [7, 11) is -0.943. The van der Waals surface area contributed by atoms with Gasteiger partial charge in [-0.1, -0.05) is 6.92 Å². The van der Waals surface area contributed by atoms with Crippen LogP contribution in [0.1, 0.15) is 26.7 Å². The third kappa shape index (κ3) is 8.40. The first-order valence-electron chi connectivity index (χ1n) is 5.12. The van der Waals surface area contributed by atoms with Crippen LogP contribution in [0.2, 0.25) is 0 Å². The van der Waals surface area contributed by atoms with E-state index >= 15 is 0 Å². The van der Waals surface area contributed by atoms with E-state index in [9.17, 15) is 13.8 Å². The average Bonchev–Trinajstić information content (AvgIpc) is 1.97. The molecular formula is C10H19NO4S. The fourth-order valence-electron chi connectivity index (χ4n) is 1.41. The molecule has 0 aliphatic carbocycles. The van der Waals surface area contributed by atoms with Gasteiger partial charge in [-0.2, -0.15) is 0 Å². The normalized spacial score (nSPS) is 16.2. The minimum Gasteiger partial charge on any atom is -0.481 e. The van der Waals surface area contributed by atoms with Crippen LogP contribution in [0.5, 0.6) is 0 Å². The van der Waals surface area contributed by atoms with Crippen LogP contribution < -0.4 is 5.32 Å². The molecule has 16 heavy (non-hydrogen) atoms. The second-order valence-electron chi connectivity index (χ2n) is 4.12. The Kier molecular flexibility index (Phi) is 6.96. The van der Waals surface area contributed by atoms with E-state index in [4.69, 9.17) is 5.11 Å². The van der Waals surface area contributed by atoms with Crippen LogP contribution in [0.3, 0.4) is 0 Å². The number of aliphatic carboxylic acids is 1. The number of nitrogens with one attached hydrogen (secondary N) is 1. The number of carbonyl (C=O) groups is 2. The van der Waals surface area contributed by atoms with Gasteiger partial charge in [-0.3, -0.25) is 13.8 Å². The van der Waals surface area contributed by atoms with Crippen molar-refractivity contribution in [3.8, 4) is 0 Å². The summed E-state index contributed by atoms with van der Waals surface area (Å²) in [6, 6.07) is -0.143. The molecule has 0 aliphatic rings. The quantitative estimate of drug-likeness (QED) is 0.683. The van der Waals surface area contributed by atoms with E-state index < -0.39 is 16.8 Å². The largest absolute Gasteiger partial charge is 0.481 e. The smallest absolute Gasteiger partial charge is 0.303 e. The van der Waals surface area contributed by atoms with Crippen molar-refractivity contribution in [3.63, 3.8) is 0 Å². The molecule has 6 heteroatoms. The van der Waals surface area contributed by atoms with Crippen molar-refractivity contribution in [1.29, 1.82) is 0 Å².